The van der Waals surface area contributed by atoms with E-state index in [0.717, 1.165) is 44.9 Å². The van der Waals surface area contributed by atoms with Crippen LogP contribution in [0.15, 0.2) is 0 Å². The molecule has 3 rings (SSSR count). The number of nitrogens with one attached hydrogen (secondary N) is 1. The molecular weight excluding hydrogens is 312 g/mol. The second kappa shape index (κ2) is 6.62. The summed E-state index contributed by atoms with van der Waals surface area (Å²) in [6, 6.07) is 0.958. The highest BCUT2D eigenvalue weighted by atomic mass is 32.2. The average Bonchev–Trinajstić information content (AvgIpc) is 3.38. The number of sulfonamides is 1. The molecule has 2 atom stereocenters. The van der Waals surface area contributed by atoms with Gasteiger partial charge in [-0.1, -0.05) is 13.8 Å². The Kier molecular flexibility index (Phi) is 5.08. The van der Waals surface area contributed by atoms with Gasteiger partial charge >= 0.3 is 0 Å². The lowest BCUT2D eigenvalue weighted by atomic mass is 9.58. The van der Waals surface area contributed by atoms with Crippen LogP contribution in [-0.4, -0.2) is 56.4 Å². The first-order chi connectivity index (χ1) is 11.0. The quantitative estimate of drug-likeness (QED) is 0.769. The zero-order chi connectivity index (χ0) is 16.7. The van der Waals surface area contributed by atoms with Crippen molar-refractivity contribution in [2.75, 3.05) is 20.2 Å². The third-order valence-electron chi connectivity index (χ3n) is 6.58. The summed E-state index contributed by atoms with van der Waals surface area (Å²) in [4.78, 5) is 0. The van der Waals surface area contributed by atoms with Gasteiger partial charge in [-0.25, -0.2) is 12.7 Å². The second-order valence-corrected chi connectivity index (χ2v) is 9.75. The molecule has 134 valence electrons. The standard InChI is InChI=1S/C17H32N2O3S/c1-4-17(5-2)15(12-16(17)22-3)18-13-8-10-19(11-9-13)23(20,21)14-6-7-14/h13-16,18H,4-12H2,1-3H3/t15-,16+/m0/s1. The fourth-order valence-electron chi connectivity index (χ4n) is 4.65. The normalized spacial score (nSPS) is 32.7. The first-order valence-electron chi connectivity index (χ1n) is 9.25. The molecule has 0 aromatic heterocycles. The summed E-state index contributed by atoms with van der Waals surface area (Å²) in [5.74, 6) is 0. The van der Waals surface area contributed by atoms with Crippen LogP contribution in [0.5, 0.6) is 0 Å². The fraction of sp³-hybridized carbons (Fsp3) is 1.00. The summed E-state index contributed by atoms with van der Waals surface area (Å²) >= 11 is 0. The van der Waals surface area contributed by atoms with Crippen molar-refractivity contribution in [3.8, 4) is 0 Å². The highest BCUT2D eigenvalue weighted by Crippen LogP contribution is 2.49. The molecule has 1 aliphatic heterocycles. The summed E-state index contributed by atoms with van der Waals surface area (Å²) in [5.41, 5.74) is 0.256. The molecule has 6 heteroatoms. The molecule has 5 nitrogen and oxygen atoms in total. The molecule has 3 fully saturated rings. The van der Waals surface area contributed by atoms with E-state index in [1.807, 2.05) is 7.11 Å². The number of rotatable bonds is 7. The predicted octanol–water partition coefficient (Wildman–Crippen LogP) is 2.13. The van der Waals surface area contributed by atoms with Crippen LogP contribution >= 0.6 is 0 Å². The van der Waals surface area contributed by atoms with Gasteiger partial charge in [-0.3, -0.25) is 0 Å². The third kappa shape index (κ3) is 3.08. The van der Waals surface area contributed by atoms with Crippen LogP contribution in [0.2, 0.25) is 0 Å². The van der Waals surface area contributed by atoms with Gasteiger partial charge in [0.25, 0.3) is 0 Å². The Bertz CT molecular complexity index is 506. The lowest BCUT2D eigenvalue weighted by molar-refractivity contribution is -0.127. The van der Waals surface area contributed by atoms with Gasteiger partial charge in [0.1, 0.15) is 0 Å². The van der Waals surface area contributed by atoms with Gasteiger partial charge in [0.15, 0.2) is 0 Å². The van der Waals surface area contributed by atoms with Crippen molar-refractivity contribution < 1.29 is 13.2 Å². The molecule has 3 aliphatic rings. The van der Waals surface area contributed by atoms with Crippen molar-refractivity contribution in [1.82, 2.24) is 9.62 Å². The van der Waals surface area contributed by atoms with E-state index >= 15 is 0 Å². The van der Waals surface area contributed by atoms with E-state index in [9.17, 15) is 8.42 Å². The van der Waals surface area contributed by atoms with Gasteiger partial charge in [-0.05, 0) is 44.9 Å². The Morgan fingerprint density at radius 3 is 2.22 bits per heavy atom. The molecule has 0 aromatic rings. The van der Waals surface area contributed by atoms with Gasteiger partial charge in [0.2, 0.25) is 10.0 Å². The summed E-state index contributed by atoms with van der Waals surface area (Å²) in [6.07, 6.45) is 7.30. The van der Waals surface area contributed by atoms with Crippen molar-refractivity contribution in [2.24, 2.45) is 5.41 Å². The van der Waals surface area contributed by atoms with E-state index in [-0.39, 0.29) is 10.7 Å². The van der Waals surface area contributed by atoms with Gasteiger partial charge in [0.05, 0.1) is 11.4 Å². The number of piperidine rings is 1. The van der Waals surface area contributed by atoms with Crippen LogP contribution < -0.4 is 5.32 Å². The minimum Gasteiger partial charge on any atom is -0.381 e. The fourth-order valence-corrected chi connectivity index (χ4v) is 6.52. The number of hydrogen-bond acceptors (Lipinski definition) is 4. The lowest BCUT2D eigenvalue weighted by Crippen LogP contribution is -2.65. The van der Waals surface area contributed by atoms with E-state index in [1.54, 1.807) is 4.31 Å². The molecular formula is C17H32N2O3S. The zero-order valence-corrected chi connectivity index (χ0v) is 15.6. The van der Waals surface area contributed by atoms with Crippen molar-refractivity contribution in [3.63, 3.8) is 0 Å². The first-order valence-corrected chi connectivity index (χ1v) is 10.8. The Labute approximate surface area is 141 Å². The minimum absolute atomic E-state index is 0.0751. The van der Waals surface area contributed by atoms with Crippen molar-refractivity contribution in [2.45, 2.75) is 82.2 Å². The molecule has 1 saturated heterocycles. The van der Waals surface area contributed by atoms with Gasteiger partial charge in [0, 0.05) is 37.7 Å². The zero-order valence-electron chi connectivity index (χ0n) is 14.8. The first kappa shape index (κ1) is 17.6. The van der Waals surface area contributed by atoms with Crippen LogP contribution in [0, 0.1) is 5.41 Å². The van der Waals surface area contributed by atoms with Gasteiger partial charge in [-0.15, -0.1) is 0 Å². The van der Waals surface area contributed by atoms with E-state index in [2.05, 4.69) is 19.2 Å². The summed E-state index contributed by atoms with van der Waals surface area (Å²) in [7, 11) is -1.17. The Morgan fingerprint density at radius 1 is 1.13 bits per heavy atom. The maximum atomic E-state index is 12.3. The van der Waals surface area contributed by atoms with E-state index in [0.29, 0.717) is 31.3 Å². The number of methoxy groups -OCH3 is 1. The van der Waals surface area contributed by atoms with Crippen molar-refractivity contribution in [3.05, 3.63) is 0 Å². The van der Waals surface area contributed by atoms with E-state index in [4.69, 9.17) is 4.74 Å². The van der Waals surface area contributed by atoms with Crippen molar-refractivity contribution >= 4 is 10.0 Å². The molecule has 2 saturated carbocycles. The smallest absolute Gasteiger partial charge is 0.216 e. The Hall–Kier alpha value is -0.170. The molecule has 2 aliphatic carbocycles. The number of ether oxygens (including phenoxy) is 1. The molecule has 0 aromatic carbocycles. The van der Waals surface area contributed by atoms with E-state index in [1.165, 1.54) is 0 Å². The van der Waals surface area contributed by atoms with Crippen molar-refractivity contribution in [1.29, 1.82) is 0 Å². The maximum Gasteiger partial charge on any atom is 0.216 e. The highest BCUT2D eigenvalue weighted by Gasteiger charge is 2.53. The molecule has 0 spiro atoms. The lowest BCUT2D eigenvalue weighted by Gasteiger charge is -2.56. The van der Waals surface area contributed by atoms with Crippen LogP contribution in [0.4, 0.5) is 0 Å². The summed E-state index contributed by atoms with van der Waals surface area (Å²) in [5, 5.41) is 3.75. The van der Waals surface area contributed by atoms with Gasteiger partial charge < -0.3 is 10.1 Å². The molecule has 0 unspecified atom stereocenters. The minimum atomic E-state index is -2.99. The summed E-state index contributed by atoms with van der Waals surface area (Å²) < 4.78 is 32.0. The third-order valence-corrected chi connectivity index (χ3v) is 8.98. The van der Waals surface area contributed by atoms with Crippen LogP contribution in [0.3, 0.4) is 0 Å². The Morgan fingerprint density at radius 2 is 1.74 bits per heavy atom. The van der Waals surface area contributed by atoms with Crippen LogP contribution in [0.25, 0.3) is 0 Å². The monoisotopic (exact) mass is 344 g/mol. The highest BCUT2D eigenvalue weighted by molar-refractivity contribution is 7.90. The summed E-state index contributed by atoms with van der Waals surface area (Å²) in [6.45, 7) is 5.88. The maximum absolute atomic E-state index is 12.3. The SMILES string of the molecule is CCC1(CC)[C@@H](NC2CCN(S(=O)(=O)C3CC3)CC2)C[C@H]1OC. The predicted molar refractivity (Wildman–Crippen MR) is 91.9 cm³/mol. The number of nitrogens with zero attached hydrogens (tertiary/aromatic N) is 1. The van der Waals surface area contributed by atoms with Crippen LogP contribution in [0.1, 0.15) is 58.8 Å². The van der Waals surface area contributed by atoms with Crippen LogP contribution in [-0.2, 0) is 14.8 Å². The van der Waals surface area contributed by atoms with E-state index < -0.39 is 10.0 Å². The molecule has 0 radical (unpaired) electrons. The molecule has 1 N–H and O–H groups in total. The van der Waals surface area contributed by atoms with Gasteiger partial charge in [-0.2, -0.15) is 0 Å². The number of hydrogen-bond donors (Lipinski definition) is 1. The molecule has 0 amide bonds. The molecule has 1 heterocycles. The Balaban J connectivity index is 1.53. The largest absolute Gasteiger partial charge is 0.381 e. The molecule has 23 heavy (non-hydrogen) atoms. The average molecular weight is 345 g/mol. The second-order valence-electron chi connectivity index (χ2n) is 7.54. The topological polar surface area (TPSA) is 58.6 Å². The molecule has 0 bridgehead atoms.